The molecule has 0 aromatic carbocycles. The molecule has 1 aliphatic carbocycles. The van der Waals surface area contributed by atoms with Crippen molar-refractivity contribution in [2.75, 3.05) is 0 Å². The van der Waals surface area contributed by atoms with Crippen LogP contribution in [0.15, 0.2) is 12.7 Å². The van der Waals surface area contributed by atoms with E-state index in [1.807, 2.05) is 13.8 Å². The number of carbonyl (C=O) groups excluding carboxylic acids is 1. The van der Waals surface area contributed by atoms with Gasteiger partial charge in [0.1, 0.15) is 17.5 Å². The molecule has 0 aromatic rings. The summed E-state index contributed by atoms with van der Waals surface area (Å²) in [5.41, 5.74) is -0.494. The highest BCUT2D eigenvalue weighted by Gasteiger charge is 2.48. The van der Waals surface area contributed by atoms with Crippen molar-refractivity contribution in [3.8, 4) is 0 Å². The summed E-state index contributed by atoms with van der Waals surface area (Å²) in [5.74, 6) is 0.477. The Morgan fingerprint density at radius 3 is 3.00 bits per heavy atom. The Balaban J connectivity index is 2.22. The van der Waals surface area contributed by atoms with Gasteiger partial charge in [-0.25, -0.2) is 9.78 Å². The van der Waals surface area contributed by atoms with E-state index in [1.54, 1.807) is 6.08 Å². The van der Waals surface area contributed by atoms with Crippen molar-refractivity contribution >= 4 is 5.78 Å². The van der Waals surface area contributed by atoms with Crippen LogP contribution in [0.2, 0.25) is 0 Å². The van der Waals surface area contributed by atoms with Gasteiger partial charge in [0.2, 0.25) is 0 Å². The van der Waals surface area contributed by atoms with E-state index in [-0.39, 0.29) is 23.7 Å². The van der Waals surface area contributed by atoms with Crippen LogP contribution in [0.25, 0.3) is 0 Å². The zero-order valence-electron chi connectivity index (χ0n) is 8.66. The minimum atomic E-state index is -0.494. The summed E-state index contributed by atoms with van der Waals surface area (Å²) in [5, 5.41) is 0. The average molecular weight is 196 g/mol. The van der Waals surface area contributed by atoms with E-state index in [1.165, 1.54) is 0 Å². The predicted molar refractivity (Wildman–Crippen MR) is 51.5 cm³/mol. The third kappa shape index (κ3) is 1.31. The SMILES string of the molecule is C=C[C@]1(C)OO[C@@H]2C[C@H]1CC(=O)[C@@H]2C. The van der Waals surface area contributed by atoms with E-state index >= 15 is 0 Å². The molecule has 1 saturated carbocycles. The summed E-state index contributed by atoms with van der Waals surface area (Å²) in [4.78, 5) is 22.2. The zero-order valence-corrected chi connectivity index (χ0v) is 8.66. The van der Waals surface area contributed by atoms with Gasteiger partial charge in [-0.15, -0.1) is 6.58 Å². The van der Waals surface area contributed by atoms with E-state index in [0.717, 1.165) is 6.42 Å². The number of fused-ring (bicyclic) bond motifs is 2. The van der Waals surface area contributed by atoms with Crippen LogP contribution >= 0.6 is 0 Å². The Morgan fingerprint density at radius 2 is 2.36 bits per heavy atom. The number of hydrogen-bond acceptors (Lipinski definition) is 3. The fourth-order valence-corrected chi connectivity index (χ4v) is 2.20. The molecule has 78 valence electrons. The molecule has 2 bridgehead atoms. The van der Waals surface area contributed by atoms with Crippen LogP contribution in [0.3, 0.4) is 0 Å². The van der Waals surface area contributed by atoms with Crippen molar-refractivity contribution < 1.29 is 14.6 Å². The number of rotatable bonds is 1. The minimum absolute atomic E-state index is 0.0272. The van der Waals surface area contributed by atoms with Crippen molar-refractivity contribution in [1.82, 2.24) is 0 Å². The largest absolute Gasteiger partial charge is 0.299 e. The van der Waals surface area contributed by atoms with Crippen LogP contribution < -0.4 is 0 Å². The molecule has 0 unspecified atom stereocenters. The molecule has 3 heteroatoms. The maximum absolute atomic E-state index is 11.6. The van der Waals surface area contributed by atoms with Crippen LogP contribution in [0.1, 0.15) is 26.7 Å². The third-order valence-electron chi connectivity index (χ3n) is 3.60. The number of Topliss-reactive ketones (excluding diaryl/α,β-unsaturated/α-hetero) is 1. The van der Waals surface area contributed by atoms with Crippen LogP contribution in [0, 0.1) is 11.8 Å². The molecule has 0 amide bonds. The maximum atomic E-state index is 11.6. The molecule has 0 radical (unpaired) electrons. The number of carbonyl (C=O) groups is 1. The second-order valence-corrected chi connectivity index (χ2v) is 4.50. The number of ketones is 1. The monoisotopic (exact) mass is 196 g/mol. The summed E-state index contributed by atoms with van der Waals surface area (Å²) in [6, 6.07) is 0. The van der Waals surface area contributed by atoms with Crippen molar-refractivity contribution in [3.05, 3.63) is 12.7 Å². The van der Waals surface area contributed by atoms with Gasteiger partial charge in [0.15, 0.2) is 0 Å². The molecule has 0 N–H and O–H groups in total. The Labute approximate surface area is 84.0 Å². The lowest BCUT2D eigenvalue weighted by atomic mass is 9.72. The first-order valence-corrected chi connectivity index (χ1v) is 5.07. The van der Waals surface area contributed by atoms with Crippen LogP contribution in [-0.4, -0.2) is 17.5 Å². The molecule has 0 aromatic heterocycles. The highest BCUT2D eigenvalue weighted by Crippen LogP contribution is 2.42. The standard InChI is InChI=1S/C11H16O3/c1-4-11(3)8-5-9(12)7(2)10(6-8)13-14-11/h4,7-8,10H,1,5-6H2,2-3H3/t7-,8+,10+,11-/m0/s1. The van der Waals surface area contributed by atoms with Gasteiger partial charge in [0.25, 0.3) is 0 Å². The first-order valence-electron chi connectivity index (χ1n) is 5.07. The van der Waals surface area contributed by atoms with Crippen LogP contribution in [0.5, 0.6) is 0 Å². The van der Waals surface area contributed by atoms with E-state index < -0.39 is 5.60 Å². The van der Waals surface area contributed by atoms with Crippen molar-refractivity contribution in [2.24, 2.45) is 11.8 Å². The lowest BCUT2D eigenvalue weighted by Crippen LogP contribution is -2.51. The molecule has 1 saturated heterocycles. The fourth-order valence-electron chi connectivity index (χ4n) is 2.20. The molecule has 2 aliphatic rings. The highest BCUT2D eigenvalue weighted by molar-refractivity contribution is 5.82. The second-order valence-electron chi connectivity index (χ2n) is 4.50. The van der Waals surface area contributed by atoms with Crippen molar-refractivity contribution in [2.45, 2.75) is 38.4 Å². The Morgan fingerprint density at radius 1 is 1.64 bits per heavy atom. The molecule has 1 aliphatic heterocycles. The Kier molecular flexibility index (Phi) is 2.24. The van der Waals surface area contributed by atoms with Gasteiger partial charge in [0, 0.05) is 18.3 Å². The molecule has 0 spiro atoms. The Bertz CT molecular complexity index is 274. The summed E-state index contributed by atoms with van der Waals surface area (Å²) in [7, 11) is 0. The topological polar surface area (TPSA) is 35.5 Å². The van der Waals surface area contributed by atoms with Crippen molar-refractivity contribution in [3.63, 3.8) is 0 Å². The molecular formula is C11H16O3. The number of hydrogen-bond donors (Lipinski definition) is 0. The van der Waals surface area contributed by atoms with Gasteiger partial charge < -0.3 is 0 Å². The third-order valence-corrected chi connectivity index (χ3v) is 3.60. The van der Waals surface area contributed by atoms with Gasteiger partial charge in [-0.2, -0.15) is 0 Å². The molecule has 2 rings (SSSR count). The lowest BCUT2D eigenvalue weighted by molar-refractivity contribution is -0.415. The average Bonchev–Trinajstić information content (AvgIpc) is 2.19. The minimum Gasteiger partial charge on any atom is -0.299 e. The summed E-state index contributed by atoms with van der Waals surface area (Å²) in [6.45, 7) is 7.56. The van der Waals surface area contributed by atoms with Gasteiger partial charge in [-0.3, -0.25) is 4.79 Å². The summed E-state index contributed by atoms with van der Waals surface area (Å²) in [6.07, 6.45) is 3.16. The van der Waals surface area contributed by atoms with E-state index in [9.17, 15) is 4.79 Å². The molecule has 14 heavy (non-hydrogen) atoms. The normalized spacial score (nSPS) is 47.6. The molecule has 3 nitrogen and oxygen atoms in total. The van der Waals surface area contributed by atoms with E-state index in [2.05, 4.69) is 6.58 Å². The molecular weight excluding hydrogens is 180 g/mol. The van der Waals surface area contributed by atoms with Crippen LogP contribution in [0.4, 0.5) is 0 Å². The molecule has 2 fully saturated rings. The van der Waals surface area contributed by atoms with Gasteiger partial charge in [-0.1, -0.05) is 13.0 Å². The van der Waals surface area contributed by atoms with Gasteiger partial charge in [0.05, 0.1) is 0 Å². The first-order chi connectivity index (χ1) is 6.57. The molecule has 1 heterocycles. The van der Waals surface area contributed by atoms with E-state index in [4.69, 9.17) is 9.78 Å². The molecule has 4 atom stereocenters. The second kappa shape index (κ2) is 3.17. The maximum Gasteiger partial charge on any atom is 0.138 e. The fraction of sp³-hybridized carbons (Fsp3) is 0.727. The Hall–Kier alpha value is -0.670. The highest BCUT2D eigenvalue weighted by atomic mass is 17.2. The van der Waals surface area contributed by atoms with Gasteiger partial charge >= 0.3 is 0 Å². The summed E-state index contributed by atoms with van der Waals surface area (Å²) >= 11 is 0. The van der Waals surface area contributed by atoms with Gasteiger partial charge in [-0.05, 0) is 13.3 Å². The summed E-state index contributed by atoms with van der Waals surface area (Å²) < 4.78 is 0. The smallest absolute Gasteiger partial charge is 0.138 e. The van der Waals surface area contributed by atoms with E-state index in [0.29, 0.717) is 6.42 Å². The lowest BCUT2D eigenvalue weighted by Gasteiger charge is -2.45. The zero-order chi connectivity index (χ0) is 10.3. The van der Waals surface area contributed by atoms with Crippen molar-refractivity contribution in [1.29, 1.82) is 0 Å². The first kappa shape index (κ1) is 9.87. The van der Waals surface area contributed by atoms with Crippen LogP contribution in [-0.2, 0) is 14.6 Å². The quantitative estimate of drug-likeness (QED) is 0.474. The predicted octanol–water partition coefficient (Wildman–Crippen LogP) is 1.88.